The van der Waals surface area contributed by atoms with Gasteiger partial charge in [-0.15, -0.1) is 0 Å². The van der Waals surface area contributed by atoms with Crippen LogP contribution in [0.5, 0.6) is 0 Å². The smallest absolute Gasteiger partial charge is 0.271 e. The van der Waals surface area contributed by atoms with Gasteiger partial charge in [-0.05, 0) is 5.56 Å². The van der Waals surface area contributed by atoms with Crippen molar-refractivity contribution >= 4 is 28.9 Å². The number of carbonyl (C=O) groups excluding carboxylic acids is 1. The number of nitrogen functional groups attached to an aromatic ring is 1. The summed E-state index contributed by atoms with van der Waals surface area (Å²) in [5.41, 5.74) is 6.34. The van der Waals surface area contributed by atoms with E-state index in [9.17, 15) is 14.9 Å². The number of nitro groups is 1. The lowest BCUT2D eigenvalue weighted by Crippen LogP contribution is -2.24. The third kappa shape index (κ3) is 3.49. The molecule has 0 heterocycles. The highest BCUT2D eigenvalue weighted by molar-refractivity contribution is 6.34. The van der Waals surface area contributed by atoms with Gasteiger partial charge in [-0.3, -0.25) is 14.9 Å². The highest BCUT2D eigenvalue weighted by Crippen LogP contribution is 2.28. The molecule has 7 heteroatoms. The number of amides is 1. The van der Waals surface area contributed by atoms with Crippen LogP contribution >= 0.6 is 11.6 Å². The van der Waals surface area contributed by atoms with E-state index in [0.717, 1.165) is 17.7 Å². The Kier molecular flexibility index (Phi) is 4.39. The van der Waals surface area contributed by atoms with Crippen LogP contribution in [0.4, 0.5) is 11.4 Å². The van der Waals surface area contributed by atoms with Gasteiger partial charge in [0.15, 0.2) is 0 Å². The third-order valence-electron chi connectivity index (χ3n) is 2.87. The molecule has 0 saturated heterocycles. The molecule has 0 atom stereocenters. The molecule has 0 aliphatic heterocycles. The van der Waals surface area contributed by atoms with Crippen LogP contribution in [0, 0.1) is 10.1 Å². The number of hydrogen-bond acceptors (Lipinski definition) is 4. The Morgan fingerprint density at radius 1 is 1.29 bits per heavy atom. The Labute approximate surface area is 125 Å². The van der Waals surface area contributed by atoms with Crippen molar-refractivity contribution in [1.82, 2.24) is 5.32 Å². The van der Waals surface area contributed by atoms with E-state index in [4.69, 9.17) is 17.3 Å². The molecule has 0 bridgehead atoms. The van der Waals surface area contributed by atoms with Crippen molar-refractivity contribution in [1.29, 1.82) is 0 Å². The summed E-state index contributed by atoms with van der Waals surface area (Å²) in [6.45, 7) is 0.291. The summed E-state index contributed by atoms with van der Waals surface area (Å²) in [6, 6.07) is 11.5. The second-order valence-corrected chi connectivity index (χ2v) is 4.72. The van der Waals surface area contributed by atoms with E-state index in [1.54, 1.807) is 0 Å². The van der Waals surface area contributed by atoms with Gasteiger partial charge in [0.25, 0.3) is 11.6 Å². The van der Waals surface area contributed by atoms with Crippen molar-refractivity contribution in [3.05, 3.63) is 68.7 Å². The Balaban J connectivity index is 2.21. The van der Waals surface area contributed by atoms with Crippen LogP contribution in [-0.2, 0) is 6.54 Å². The van der Waals surface area contributed by atoms with Gasteiger partial charge in [-0.25, -0.2) is 0 Å². The van der Waals surface area contributed by atoms with Crippen LogP contribution in [0.2, 0.25) is 5.02 Å². The first kappa shape index (κ1) is 14.8. The van der Waals surface area contributed by atoms with Gasteiger partial charge in [0.1, 0.15) is 0 Å². The van der Waals surface area contributed by atoms with Crippen molar-refractivity contribution in [3.8, 4) is 0 Å². The first-order valence-corrected chi connectivity index (χ1v) is 6.42. The maximum atomic E-state index is 12.1. The minimum absolute atomic E-state index is 0.00914. The largest absolute Gasteiger partial charge is 0.397 e. The molecule has 0 aliphatic rings. The Bertz CT molecular complexity index is 689. The fourth-order valence-corrected chi connectivity index (χ4v) is 1.98. The fourth-order valence-electron chi connectivity index (χ4n) is 1.77. The monoisotopic (exact) mass is 305 g/mol. The standard InChI is InChI=1S/C14H12ClN3O3/c15-12-7-10(18(20)21)6-11(13(12)16)14(19)17-8-9-4-2-1-3-5-9/h1-7H,8,16H2,(H,17,19). The number of rotatable bonds is 4. The predicted octanol–water partition coefficient (Wildman–Crippen LogP) is 2.76. The van der Waals surface area contributed by atoms with Crippen LogP contribution in [0.1, 0.15) is 15.9 Å². The van der Waals surface area contributed by atoms with E-state index in [1.807, 2.05) is 30.3 Å². The third-order valence-corrected chi connectivity index (χ3v) is 3.18. The summed E-state index contributed by atoms with van der Waals surface area (Å²) in [6.07, 6.45) is 0. The van der Waals surface area contributed by atoms with Gasteiger partial charge in [-0.2, -0.15) is 0 Å². The number of hydrogen-bond donors (Lipinski definition) is 2. The lowest BCUT2D eigenvalue weighted by atomic mass is 10.1. The van der Waals surface area contributed by atoms with Gasteiger partial charge >= 0.3 is 0 Å². The minimum atomic E-state index is -0.626. The van der Waals surface area contributed by atoms with E-state index in [-0.39, 0.29) is 22.0 Å². The number of non-ortho nitro benzene ring substituents is 1. The van der Waals surface area contributed by atoms with Gasteiger partial charge in [-0.1, -0.05) is 41.9 Å². The van der Waals surface area contributed by atoms with Gasteiger partial charge in [0.05, 0.1) is 21.2 Å². The van der Waals surface area contributed by atoms with Gasteiger partial charge < -0.3 is 11.1 Å². The number of anilines is 1. The Morgan fingerprint density at radius 3 is 2.57 bits per heavy atom. The molecule has 108 valence electrons. The highest BCUT2D eigenvalue weighted by atomic mass is 35.5. The Hall–Kier alpha value is -2.60. The molecule has 3 N–H and O–H groups in total. The van der Waals surface area contributed by atoms with Crippen LogP contribution in [-0.4, -0.2) is 10.8 Å². The second-order valence-electron chi connectivity index (χ2n) is 4.31. The molecule has 0 fully saturated rings. The molecule has 0 unspecified atom stereocenters. The van der Waals surface area contributed by atoms with Crippen molar-refractivity contribution in [3.63, 3.8) is 0 Å². The van der Waals surface area contributed by atoms with E-state index in [2.05, 4.69) is 5.32 Å². The van der Waals surface area contributed by atoms with Gasteiger partial charge in [0, 0.05) is 18.7 Å². The summed E-state index contributed by atoms with van der Waals surface area (Å²) >= 11 is 5.81. The van der Waals surface area contributed by atoms with E-state index in [1.165, 1.54) is 0 Å². The number of benzene rings is 2. The summed E-state index contributed by atoms with van der Waals surface area (Å²) in [5.74, 6) is -0.512. The maximum absolute atomic E-state index is 12.1. The molecular weight excluding hydrogens is 294 g/mol. The summed E-state index contributed by atoms with van der Waals surface area (Å²) in [5, 5.41) is 13.4. The first-order chi connectivity index (χ1) is 9.99. The Morgan fingerprint density at radius 2 is 1.95 bits per heavy atom. The zero-order chi connectivity index (χ0) is 15.4. The maximum Gasteiger partial charge on any atom is 0.271 e. The average molecular weight is 306 g/mol. The minimum Gasteiger partial charge on any atom is -0.397 e. The van der Waals surface area contributed by atoms with Crippen LogP contribution < -0.4 is 11.1 Å². The normalized spacial score (nSPS) is 10.1. The summed E-state index contributed by atoms with van der Waals surface area (Å²) < 4.78 is 0. The SMILES string of the molecule is Nc1c(Cl)cc([N+](=O)[O-])cc1C(=O)NCc1ccccc1. The zero-order valence-electron chi connectivity index (χ0n) is 10.9. The molecule has 6 nitrogen and oxygen atoms in total. The van der Waals surface area contributed by atoms with Crippen LogP contribution in [0.25, 0.3) is 0 Å². The molecule has 2 aromatic rings. The molecule has 0 aromatic heterocycles. The van der Waals surface area contributed by atoms with E-state index < -0.39 is 10.8 Å². The number of nitrogens with one attached hydrogen (secondary N) is 1. The topological polar surface area (TPSA) is 98.3 Å². The molecule has 0 saturated carbocycles. The van der Waals surface area contributed by atoms with Crippen molar-refractivity contribution in [2.75, 3.05) is 5.73 Å². The fraction of sp³-hybridized carbons (Fsp3) is 0.0714. The lowest BCUT2D eigenvalue weighted by molar-refractivity contribution is -0.384. The molecule has 2 aromatic carbocycles. The highest BCUT2D eigenvalue weighted by Gasteiger charge is 2.18. The number of nitrogens with zero attached hydrogens (tertiary/aromatic N) is 1. The van der Waals surface area contributed by atoms with Crippen molar-refractivity contribution in [2.24, 2.45) is 0 Å². The number of halogens is 1. The number of nitrogens with two attached hydrogens (primary N) is 1. The number of carbonyl (C=O) groups is 1. The zero-order valence-corrected chi connectivity index (χ0v) is 11.6. The number of nitro benzene ring substituents is 1. The predicted molar refractivity (Wildman–Crippen MR) is 80.1 cm³/mol. The average Bonchev–Trinajstić information content (AvgIpc) is 2.48. The molecule has 0 aliphatic carbocycles. The molecule has 1 amide bonds. The molecule has 0 spiro atoms. The molecule has 0 radical (unpaired) electrons. The second kappa shape index (κ2) is 6.23. The lowest BCUT2D eigenvalue weighted by Gasteiger charge is -2.09. The summed E-state index contributed by atoms with van der Waals surface area (Å²) in [7, 11) is 0. The van der Waals surface area contributed by atoms with Crippen LogP contribution in [0.15, 0.2) is 42.5 Å². The first-order valence-electron chi connectivity index (χ1n) is 6.04. The quantitative estimate of drug-likeness (QED) is 0.515. The molecular formula is C14H12ClN3O3. The van der Waals surface area contributed by atoms with Gasteiger partial charge in [0.2, 0.25) is 0 Å². The molecule has 21 heavy (non-hydrogen) atoms. The van der Waals surface area contributed by atoms with Crippen molar-refractivity contribution in [2.45, 2.75) is 6.54 Å². The van der Waals surface area contributed by atoms with E-state index >= 15 is 0 Å². The molecule has 2 rings (SSSR count). The van der Waals surface area contributed by atoms with Crippen molar-refractivity contribution < 1.29 is 9.72 Å². The summed E-state index contributed by atoms with van der Waals surface area (Å²) in [4.78, 5) is 22.3. The van der Waals surface area contributed by atoms with Crippen LogP contribution in [0.3, 0.4) is 0 Å². The van der Waals surface area contributed by atoms with E-state index in [0.29, 0.717) is 6.54 Å².